The summed E-state index contributed by atoms with van der Waals surface area (Å²) in [4.78, 5) is 3.29. The second-order valence-corrected chi connectivity index (χ2v) is 3.38. The molecule has 1 N–H and O–H groups in total. The number of hydrogen-bond acceptors (Lipinski definition) is 0. The molecule has 0 aliphatic heterocycles. The van der Waals surface area contributed by atoms with Crippen molar-refractivity contribution in [1.82, 2.24) is 4.98 Å². The summed E-state index contributed by atoms with van der Waals surface area (Å²) in [5, 5.41) is 2.08. The number of allylic oxidation sites excluding steroid dienone is 4. The van der Waals surface area contributed by atoms with Crippen LogP contribution in [0.15, 0.2) is 50.6 Å². The van der Waals surface area contributed by atoms with Crippen molar-refractivity contribution < 1.29 is 0 Å². The van der Waals surface area contributed by atoms with E-state index < -0.39 is 0 Å². The van der Waals surface area contributed by atoms with E-state index in [-0.39, 0.29) is 0 Å². The van der Waals surface area contributed by atoms with Gasteiger partial charge in [0.25, 0.3) is 0 Å². The van der Waals surface area contributed by atoms with E-state index in [0.29, 0.717) is 0 Å². The average Bonchev–Trinajstić information content (AvgIpc) is 2.66. The first kappa shape index (κ1) is 12.8. The fourth-order valence-corrected chi connectivity index (χ4v) is 1.62. The molecule has 0 bridgehead atoms. The Morgan fingerprint density at radius 3 is 2.12 bits per heavy atom. The van der Waals surface area contributed by atoms with Crippen LogP contribution in [-0.4, -0.2) is 4.98 Å². The molecule has 1 aromatic heterocycles. The molecule has 0 aliphatic carbocycles. The third-order valence-corrected chi connectivity index (χ3v) is 2.31. The van der Waals surface area contributed by atoms with Gasteiger partial charge in [0.2, 0.25) is 0 Å². The molecule has 86 valence electrons. The second kappa shape index (κ2) is 6.33. The predicted octanol–water partition coefficient (Wildman–Crippen LogP) is 2.79. The summed E-state index contributed by atoms with van der Waals surface area (Å²) in [5.74, 6) is 0. The Morgan fingerprint density at radius 2 is 1.59 bits per heavy atom. The van der Waals surface area contributed by atoms with Gasteiger partial charge >= 0.3 is 0 Å². The topological polar surface area (TPSA) is 15.8 Å². The van der Waals surface area contributed by atoms with Crippen molar-refractivity contribution in [3.8, 4) is 0 Å². The van der Waals surface area contributed by atoms with E-state index in [9.17, 15) is 0 Å². The highest BCUT2D eigenvalue weighted by Crippen LogP contribution is 2.03. The minimum absolute atomic E-state index is 0.976. The minimum Gasteiger partial charge on any atom is -0.355 e. The van der Waals surface area contributed by atoms with E-state index >= 15 is 0 Å². The van der Waals surface area contributed by atoms with Crippen LogP contribution in [0.4, 0.5) is 0 Å². The molecule has 17 heavy (non-hydrogen) atoms. The molecule has 0 amide bonds. The highest BCUT2D eigenvalue weighted by molar-refractivity contribution is 5.66. The molecule has 1 heterocycles. The molecular weight excluding hydrogens is 206 g/mol. The van der Waals surface area contributed by atoms with Crippen LogP contribution in [0, 0.1) is 0 Å². The van der Waals surface area contributed by atoms with Crippen LogP contribution in [0.25, 0.3) is 24.3 Å². The summed E-state index contributed by atoms with van der Waals surface area (Å²) in [6.45, 7) is 14.9. The van der Waals surface area contributed by atoms with Crippen LogP contribution in [0.5, 0.6) is 0 Å². The molecule has 1 aromatic rings. The van der Waals surface area contributed by atoms with Crippen LogP contribution in [0.1, 0.15) is 11.3 Å². The zero-order valence-corrected chi connectivity index (χ0v) is 9.95. The predicted molar refractivity (Wildman–Crippen MR) is 78.7 cm³/mol. The van der Waals surface area contributed by atoms with E-state index in [1.807, 2.05) is 24.3 Å². The number of rotatable bonds is 5. The van der Waals surface area contributed by atoms with E-state index in [1.54, 1.807) is 24.3 Å². The Morgan fingerprint density at radius 1 is 0.882 bits per heavy atom. The van der Waals surface area contributed by atoms with Crippen LogP contribution >= 0.6 is 0 Å². The van der Waals surface area contributed by atoms with Crippen LogP contribution in [0.3, 0.4) is 0 Å². The normalized spacial score (nSPS) is 12.9. The number of nitrogens with one attached hydrogen (secondary N) is 1. The summed E-state index contributed by atoms with van der Waals surface area (Å²) >= 11 is 0. The van der Waals surface area contributed by atoms with Crippen LogP contribution in [-0.2, 0) is 0 Å². The minimum atomic E-state index is 0.976. The first-order valence-corrected chi connectivity index (χ1v) is 5.37. The molecule has 0 saturated heterocycles. The summed E-state index contributed by atoms with van der Waals surface area (Å²) in [7, 11) is 0. The molecule has 1 rings (SSSR count). The summed E-state index contributed by atoms with van der Waals surface area (Å²) in [6.07, 6.45) is 14.8. The van der Waals surface area contributed by atoms with Crippen LogP contribution in [0.2, 0.25) is 0 Å². The number of aromatic nitrogens is 1. The summed E-state index contributed by atoms with van der Waals surface area (Å²) < 4.78 is 0. The third kappa shape index (κ3) is 2.85. The fourth-order valence-electron chi connectivity index (χ4n) is 1.62. The van der Waals surface area contributed by atoms with Crippen LogP contribution < -0.4 is 10.6 Å². The van der Waals surface area contributed by atoms with E-state index in [0.717, 1.165) is 21.8 Å². The maximum atomic E-state index is 3.80. The van der Waals surface area contributed by atoms with E-state index in [4.69, 9.17) is 0 Å². The first-order chi connectivity index (χ1) is 8.28. The van der Waals surface area contributed by atoms with Gasteiger partial charge in [-0.1, -0.05) is 62.8 Å². The van der Waals surface area contributed by atoms with Crippen molar-refractivity contribution in [3.05, 3.63) is 72.4 Å². The second-order valence-electron chi connectivity index (χ2n) is 3.38. The van der Waals surface area contributed by atoms with Gasteiger partial charge in [0, 0.05) is 21.8 Å². The Labute approximate surface area is 102 Å². The molecule has 0 aromatic carbocycles. The SMILES string of the molecule is C=C/C=C\c1c(C=C)[nH]c(=C/C=C)/c1=C\C=C. The molecular formula is C16H17N. The lowest BCUT2D eigenvalue weighted by Gasteiger charge is -1.90. The van der Waals surface area contributed by atoms with Gasteiger partial charge in [-0.3, -0.25) is 0 Å². The highest BCUT2D eigenvalue weighted by atomic mass is 14.7. The smallest absolute Gasteiger partial charge is 0.0464 e. The molecule has 0 aliphatic rings. The third-order valence-electron chi connectivity index (χ3n) is 2.31. The van der Waals surface area contributed by atoms with E-state index in [2.05, 4.69) is 31.3 Å². The number of H-pyrrole nitrogens is 1. The molecule has 0 atom stereocenters. The number of aromatic amines is 1. The van der Waals surface area contributed by atoms with Gasteiger partial charge in [-0.05, 0) is 12.2 Å². The quantitative estimate of drug-likeness (QED) is 0.739. The fraction of sp³-hybridized carbons (Fsp3) is 0. The lowest BCUT2D eigenvalue weighted by molar-refractivity contribution is 1.30. The zero-order chi connectivity index (χ0) is 12.7. The van der Waals surface area contributed by atoms with Crippen molar-refractivity contribution >= 4 is 24.3 Å². The maximum absolute atomic E-state index is 3.80. The average molecular weight is 223 g/mol. The first-order valence-electron chi connectivity index (χ1n) is 5.37. The molecule has 0 spiro atoms. The van der Waals surface area contributed by atoms with Gasteiger partial charge in [0.05, 0.1) is 0 Å². The van der Waals surface area contributed by atoms with Crippen molar-refractivity contribution in [3.63, 3.8) is 0 Å². The standard InChI is InChI=1S/C16H17N/c1-5-9-12-14-13(10-6-2)16(11-7-3)17-15(14)8-4/h5-12,17H,1-4H2/b12-9-,13-10-,16-11+. The van der Waals surface area contributed by atoms with Crippen molar-refractivity contribution in [2.75, 3.05) is 0 Å². The Kier molecular flexibility index (Phi) is 4.77. The van der Waals surface area contributed by atoms with Gasteiger partial charge in [-0.2, -0.15) is 0 Å². The van der Waals surface area contributed by atoms with Crippen molar-refractivity contribution in [1.29, 1.82) is 0 Å². The highest BCUT2D eigenvalue weighted by Gasteiger charge is 2.01. The number of hydrogen-bond donors (Lipinski definition) is 1. The summed E-state index contributed by atoms with van der Waals surface area (Å²) in [6, 6.07) is 0. The van der Waals surface area contributed by atoms with Gasteiger partial charge in [0.1, 0.15) is 0 Å². The molecule has 0 radical (unpaired) electrons. The van der Waals surface area contributed by atoms with Gasteiger partial charge in [0.15, 0.2) is 0 Å². The molecule has 1 heteroatoms. The van der Waals surface area contributed by atoms with Gasteiger partial charge in [-0.15, -0.1) is 0 Å². The Hall–Kier alpha value is -2.28. The zero-order valence-electron chi connectivity index (χ0n) is 9.95. The van der Waals surface area contributed by atoms with Gasteiger partial charge < -0.3 is 4.98 Å². The monoisotopic (exact) mass is 223 g/mol. The molecule has 0 saturated carbocycles. The maximum Gasteiger partial charge on any atom is 0.0464 e. The lowest BCUT2D eigenvalue weighted by atomic mass is 10.1. The molecule has 0 unspecified atom stereocenters. The molecule has 1 nitrogen and oxygen atoms in total. The van der Waals surface area contributed by atoms with Gasteiger partial charge in [-0.25, -0.2) is 0 Å². The lowest BCUT2D eigenvalue weighted by Crippen LogP contribution is -2.23. The Bertz CT molecular complexity index is 580. The van der Waals surface area contributed by atoms with Crippen molar-refractivity contribution in [2.24, 2.45) is 0 Å². The molecule has 0 fully saturated rings. The van der Waals surface area contributed by atoms with Crippen molar-refractivity contribution in [2.45, 2.75) is 0 Å². The summed E-state index contributed by atoms with van der Waals surface area (Å²) in [5.41, 5.74) is 2.05. The largest absolute Gasteiger partial charge is 0.355 e. The Balaban J connectivity index is 3.70. The van der Waals surface area contributed by atoms with E-state index in [1.165, 1.54) is 0 Å².